The molecule has 2 heteroatoms. The third-order valence-electron chi connectivity index (χ3n) is 4.23. The summed E-state index contributed by atoms with van der Waals surface area (Å²) in [4.78, 5) is 0. The van der Waals surface area contributed by atoms with E-state index in [0.717, 1.165) is 31.2 Å². The Morgan fingerprint density at radius 3 is 2.79 bits per heavy atom. The van der Waals surface area contributed by atoms with E-state index in [0.29, 0.717) is 6.04 Å². The zero-order valence-corrected chi connectivity index (χ0v) is 12.3. The third kappa shape index (κ3) is 4.24. The molecule has 1 aromatic rings. The molecule has 0 aliphatic heterocycles. The van der Waals surface area contributed by atoms with E-state index in [4.69, 9.17) is 4.74 Å². The molecule has 2 unspecified atom stereocenters. The first kappa shape index (κ1) is 14.4. The Hall–Kier alpha value is -1.02. The molecule has 1 aliphatic carbocycles. The molecule has 0 radical (unpaired) electrons. The topological polar surface area (TPSA) is 21.3 Å². The first-order valence-electron chi connectivity index (χ1n) is 7.75. The van der Waals surface area contributed by atoms with Gasteiger partial charge in [-0.15, -0.1) is 0 Å². The van der Waals surface area contributed by atoms with Crippen LogP contribution in [0.4, 0.5) is 0 Å². The Bertz CT molecular complexity index is 377. The monoisotopic (exact) mass is 261 g/mol. The summed E-state index contributed by atoms with van der Waals surface area (Å²) >= 11 is 0. The van der Waals surface area contributed by atoms with E-state index >= 15 is 0 Å². The molecule has 0 spiro atoms. The SMILES string of the molecule is CCc1ccccc1OCCNC1CCCCC1C. The van der Waals surface area contributed by atoms with Crippen molar-refractivity contribution in [2.24, 2.45) is 5.92 Å². The molecule has 0 saturated heterocycles. The molecule has 1 N–H and O–H groups in total. The van der Waals surface area contributed by atoms with E-state index in [1.165, 1.54) is 31.2 Å². The largest absolute Gasteiger partial charge is 0.492 e. The van der Waals surface area contributed by atoms with Gasteiger partial charge in [-0.2, -0.15) is 0 Å². The van der Waals surface area contributed by atoms with E-state index in [-0.39, 0.29) is 0 Å². The molecule has 1 aromatic carbocycles. The minimum atomic E-state index is 0.693. The molecule has 0 bridgehead atoms. The van der Waals surface area contributed by atoms with Gasteiger partial charge in [-0.1, -0.05) is 44.9 Å². The highest BCUT2D eigenvalue weighted by Crippen LogP contribution is 2.23. The van der Waals surface area contributed by atoms with Crippen molar-refractivity contribution in [1.29, 1.82) is 0 Å². The maximum absolute atomic E-state index is 5.89. The molecule has 2 rings (SSSR count). The maximum atomic E-state index is 5.89. The van der Waals surface area contributed by atoms with Gasteiger partial charge in [-0.3, -0.25) is 0 Å². The zero-order valence-electron chi connectivity index (χ0n) is 12.3. The van der Waals surface area contributed by atoms with E-state index in [9.17, 15) is 0 Å². The molecule has 2 atom stereocenters. The van der Waals surface area contributed by atoms with Crippen molar-refractivity contribution in [3.63, 3.8) is 0 Å². The van der Waals surface area contributed by atoms with Crippen molar-refractivity contribution < 1.29 is 4.74 Å². The lowest BCUT2D eigenvalue weighted by Crippen LogP contribution is -2.39. The second-order valence-electron chi connectivity index (χ2n) is 5.63. The molecule has 1 aliphatic rings. The smallest absolute Gasteiger partial charge is 0.122 e. The minimum Gasteiger partial charge on any atom is -0.492 e. The minimum absolute atomic E-state index is 0.693. The van der Waals surface area contributed by atoms with Crippen LogP contribution in [-0.2, 0) is 6.42 Å². The van der Waals surface area contributed by atoms with E-state index in [1.807, 2.05) is 6.07 Å². The molecule has 1 saturated carbocycles. The molecule has 2 nitrogen and oxygen atoms in total. The van der Waals surface area contributed by atoms with Gasteiger partial charge in [-0.25, -0.2) is 0 Å². The van der Waals surface area contributed by atoms with Gasteiger partial charge in [0, 0.05) is 12.6 Å². The lowest BCUT2D eigenvalue weighted by Gasteiger charge is -2.29. The number of rotatable bonds is 6. The van der Waals surface area contributed by atoms with Crippen LogP contribution in [0.2, 0.25) is 0 Å². The van der Waals surface area contributed by atoms with Gasteiger partial charge >= 0.3 is 0 Å². The Kier molecular flexibility index (Phi) is 5.71. The highest BCUT2D eigenvalue weighted by Gasteiger charge is 2.20. The fourth-order valence-electron chi connectivity index (χ4n) is 2.96. The van der Waals surface area contributed by atoms with Gasteiger partial charge < -0.3 is 10.1 Å². The second kappa shape index (κ2) is 7.54. The lowest BCUT2D eigenvalue weighted by atomic mass is 9.86. The first-order valence-corrected chi connectivity index (χ1v) is 7.75. The third-order valence-corrected chi connectivity index (χ3v) is 4.23. The Morgan fingerprint density at radius 2 is 2.00 bits per heavy atom. The van der Waals surface area contributed by atoms with Gasteiger partial charge in [0.1, 0.15) is 12.4 Å². The molecule has 1 fully saturated rings. The fourth-order valence-corrected chi connectivity index (χ4v) is 2.96. The summed E-state index contributed by atoms with van der Waals surface area (Å²) < 4.78 is 5.89. The number of benzene rings is 1. The standard InChI is InChI=1S/C17H27NO/c1-3-15-9-5-7-11-17(15)19-13-12-18-16-10-6-4-8-14(16)2/h5,7,9,11,14,16,18H,3-4,6,8,10,12-13H2,1-2H3. The number of hydrogen-bond acceptors (Lipinski definition) is 2. The van der Waals surface area contributed by atoms with Crippen molar-refractivity contribution in [3.05, 3.63) is 29.8 Å². The van der Waals surface area contributed by atoms with Crippen molar-refractivity contribution >= 4 is 0 Å². The predicted molar refractivity (Wildman–Crippen MR) is 80.7 cm³/mol. The Morgan fingerprint density at radius 1 is 1.21 bits per heavy atom. The Labute approximate surface area is 117 Å². The highest BCUT2D eigenvalue weighted by molar-refractivity contribution is 5.33. The highest BCUT2D eigenvalue weighted by atomic mass is 16.5. The van der Waals surface area contributed by atoms with Gasteiger partial charge in [0.15, 0.2) is 0 Å². The second-order valence-corrected chi connectivity index (χ2v) is 5.63. The number of nitrogens with one attached hydrogen (secondary N) is 1. The van der Waals surface area contributed by atoms with Crippen LogP contribution in [0.5, 0.6) is 5.75 Å². The van der Waals surface area contributed by atoms with Crippen molar-refractivity contribution in [3.8, 4) is 5.75 Å². The van der Waals surface area contributed by atoms with Crippen LogP contribution in [0, 0.1) is 5.92 Å². The normalized spacial score (nSPS) is 23.3. The van der Waals surface area contributed by atoms with E-state index in [1.54, 1.807) is 0 Å². The van der Waals surface area contributed by atoms with Gasteiger partial charge in [0.25, 0.3) is 0 Å². The summed E-state index contributed by atoms with van der Waals surface area (Å²) in [5.41, 5.74) is 1.30. The number of ether oxygens (including phenoxy) is 1. The number of para-hydroxylation sites is 1. The molecule has 0 heterocycles. The van der Waals surface area contributed by atoms with E-state index in [2.05, 4.69) is 37.4 Å². The lowest BCUT2D eigenvalue weighted by molar-refractivity contribution is 0.250. The summed E-state index contributed by atoms with van der Waals surface area (Å²) in [5, 5.41) is 3.65. The van der Waals surface area contributed by atoms with Crippen molar-refractivity contribution in [1.82, 2.24) is 5.32 Å². The molecule has 19 heavy (non-hydrogen) atoms. The van der Waals surface area contributed by atoms with Crippen LogP contribution >= 0.6 is 0 Å². The Balaban J connectivity index is 1.71. The van der Waals surface area contributed by atoms with Gasteiger partial charge in [0.05, 0.1) is 0 Å². The summed E-state index contributed by atoms with van der Waals surface area (Å²) in [7, 11) is 0. The first-order chi connectivity index (χ1) is 9.31. The summed E-state index contributed by atoms with van der Waals surface area (Å²) in [6.45, 7) is 6.25. The van der Waals surface area contributed by atoms with Gasteiger partial charge in [0.2, 0.25) is 0 Å². The van der Waals surface area contributed by atoms with E-state index < -0.39 is 0 Å². The van der Waals surface area contributed by atoms with Crippen LogP contribution in [-0.4, -0.2) is 19.2 Å². The molecular formula is C17H27NO. The summed E-state index contributed by atoms with van der Waals surface area (Å²) in [6, 6.07) is 9.03. The van der Waals surface area contributed by atoms with Crippen LogP contribution in [0.25, 0.3) is 0 Å². The average Bonchev–Trinajstić information content (AvgIpc) is 2.45. The van der Waals surface area contributed by atoms with Crippen LogP contribution in [0.3, 0.4) is 0 Å². The average molecular weight is 261 g/mol. The van der Waals surface area contributed by atoms with Crippen LogP contribution < -0.4 is 10.1 Å². The zero-order chi connectivity index (χ0) is 13.5. The van der Waals surface area contributed by atoms with Crippen molar-refractivity contribution in [2.45, 2.75) is 52.0 Å². The molecule has 0 amide bonds. The predicted octanol–water partition coefficient (Wildman–Crippen LogP) is 3.80. The van der Waals surface area contributed by atoms with Crippen LogP contribution in [0.15, 0.2) is 24.3 Å². The molecular weight excluding hydrogens is 234 g/mol. The maximum Gasteiger partial charge on any atom is 0.122 e. The number of hydrogen-bond donors (Lipinski definition) is 1. The molecule has 0 aromatic heterocycles. The number of aryl methyl sites for hydroxylation is 1. The summed E-state index contributed by atoms with van der Waals surface area (Å²) in [5.74, 6) is 1.86. The fraction of sp³-hybridized carbons (Fsp3) is 0.647. The molecule has 106 valence electrons. The quantitative estimate of drug-likeness (QED) is 0.787. The van der Waals surface area contributed by atoms with Crippen LogP contribution in [0.1, 0.15) is 45.1 Å². The van der Waals surface area contributed by atoms with Gasteiger partial charge in [-0.05, 0) is 36.8 Å². The summed E-state index contributed by atoms with van der Waals surface area (Å²) in [6.07, 6.45) is 6.51. The van der Waals surface area contributed by atoms with Crippen molar-refractivity contribution in [2.75, 3.05) is 13.2 Å².